The summed E-state index contributed by atoms with van der Waals surface area (Å²) in [6, 6.07) is 18.7. The highest BCUT2D eigenvalue weighted by atomic mass is 32.1. The molecule has 0 fully saturated rings. The molecule has 136 valence electrons. The first-order valence-corrected chi connectivity index (χ1v) is 9.49. The zero-order valence-electron chi connectivity index (χ0n) is 14.7. The number of thiophene rings is 1. The van der Waals surface area contributed by atoms with Gasteiger partial charge in [-0.2, -0.15) is 4.98 Å². The van der Waals surface area contributed by atoms with Crippen LogP contribution in [0.4, 0.5) is 4.39 Å². The van der Waals surface area contributed by atoms with Gasteiger partial charge in [-0.3, -0.25) is 5.32 Å². The molecule has 0 aliphatic heterocycles. The summed E-state index contributed by atoms with van der Waals surface area (Å²) in [5, 5.41) is 9.56. The fourth-order valence-corrected chi connectivity index (χ4v) is 3.66. The average molecular weight is 379 g/mol. The Hall–Kier alpha value is -2.83. The lowest BCUT2D eigenvalue weighted by Gasteiger charge is -2.17. The van der Waals surface area contributed by atoms with Crippen LogP contribution in [0.2, 0.25) is 0 Å². The molecule has 6 heteroatoms. The van der Waals surface area contributed by atoms with Crippen molar-refractivity contribution in [2.45, 2.75) is 19.5 Å². The van der Waals surface area contributed by atoms with Gasteiger partial charge in [0.05, 0.1) is 12.6 Å². The van der Waals surface area contributed by atoms with E-state index in [2.05, 4.69) is 58.1 Å². The standard InChI is InChI=1S/C21H18FN3OS/c1-14-4-6-15(7-5-14)20(18-3-2-12-27-18)23-13-19-24-21(25-26-19)16-8-10-17(22)11-9-16/h2-12,20,23H,13H2,1H3/t20-/m1/s1. The highest BCUT2D eigenvalue weighted by Gasteiger charge is 2.17. The Balaban J connectivity index is 1.51. The number of hydrogen-bond acceptors (Lipinski definition) is 5. The normalized spacial score (nSPS) is 12.2. The summed E-state index contributed by atoms with van der Waals surface area (Å²) in [7, 11) is 0. The van der Waals surface area contributed by atoms with Crippen LogP contribution in [0.1, 0.15) is 27.9 Å². The Kier molecular flexibility index (Phi) is 5.09. The molecule has 4 aromatic rings. The number of aryl methyl sites for hydroxylation is 1. The van der Waals surface area contributed by atoms with Gasteiger partial charge >= 0.3 is 0 Å². The van der Waals surface area contributed by atoms with Crippen LogP contribution in [0, 0.1) is 12.7 Å². The molecule has 0 amide bonds. The number of rotatable bonds is 6. The van der Waals surface area contributed by atoms with Gasteiger partial charge in [0.25, 0.3) is 0 Å². The third-order valence-electron chi connectivity index (χ3n) is 4.27. The number of halogens is 1. The second kappa shape index (κ2) is 7.82. The summed E-state index contributed by atoms with van der Waals surface area (Å²) >= 11 is 1.70. The number of nitrogens with one attached hydrogen (secondary N) is 1. The lowest BCUT2D eigenvalue weighted by molar-refractivity contribution is 0.363. The van der Waals surface area contributed by atoms with E-state index in [1.165, 1.54) is 28.1 Å². The van der Waals surface area contributed by atoms with Crippen molar-refractivity contribution in [1.29, 1.82) is 0 Å². The Morgan fingerprint density at radius 2 is 1.85 bits per heavy atom. The van der Waals surface area contributed by atoms with E-state index in [4.69, 9.17) is 4.52 Å². The Labute approximate surface area is 160 Å². The van der Waals surface area contributed by atoms with E-state index in [0.717, 1.165) is 5.56 Å². The number of nitrogens with zero attached hydrogens (tertiary/aromatic N) is 2. The van der Waals surface area contributed by atoms with Gasteiger partial charge < -0.3 is 4.52 Å². The van der Waals surface area contributed by atoms with Crippen molar-refractivity contribution in [2.75, 3.05) is 0 Å². The summed E-state index contributed by atoms with van der Waals surface area (Å²) in [4.78, 5) is 5.63. The fourth-order valence-electron chi connectivity index (χ4n) is 2.83. The van der Waals surface area contributed by atoms with Crippen LogP contribution in [0.3, 0.4) is 0 Å². The molecule has 2 heterocycles. The van der Waals surface area contributed by atoms with Crippen molar-refractivity contribution in [3.8, 4) is 11.4 Å². The van der Waals surface area contributed by atoms with Crippen LogP contribution in [0.5, 0.6) is 0 Å². The van der Waals surface area contributed by atoms with Gasteiger partial charge in [0.15, 0.2) is 0 Å². The maximum Gasteiger partial charge on any atom is 0.240 e. The van der Waals surface area contributed by atoms with Gasteiger partial charge in [0.1, 0.15) is 5.82 Å². The minimum atomic E-state index is -0.291. The predicted molar refractivity (Wildman–Crippen MR) is 104 cm³/mol. The van der Waals surface area contributed by atoms with E-state index < -0.39 is 0 Å². The number of hydrogen-bond donors (Lipinski definition) is 1. The first-order chi connectivity index (χ1) is 13.2. The van der Waals surface area contributed by atoms with E-state index >= 15 is 0 Å². The van der Waals surface area contributed by atoms with Gasteiger partial charge in [-0.25, -0.2) is 4.39 Å². The molecular formula is C21H18FN3OS. The third-order valence-corrected chi connectivity index (χ3v) is 5.20. The number of aromatic nitrogens is 2. The molecule has 0 aliphatic carbocycles. The molecule has 4 nitrogen and oxygen atoms in total. The van der Waals surface area contributed by atoms with Crippen LogP contribution in [0.15, 0.2) is 70.6 Å². The largest absolute Gasteiger partial charge is 0.338 e. The quantitative estimate of drug-likeness (QED) is 0.505. The molecule has 0 unspecified atom stereocenters. The monoisotopic (exact) mass is 379 g/mol. The molecule has 27 heavy (non-hydrogen) atoms. The maximum absolute atomic E-state index is 13.1. The summed E-state index contributed by atoms with van der Waals surface area (Å²) in [5.74, 6) is 0.652. The molecular weight excluding hydrogens is 361 g/mol. The lowest BCUT2D eigenvalue weighted by Crippen LogP contribution is -2.21. The molecule has 0 bridgehead atoms. The van der Waals surface area contributed by atoms with Gasteiger partial charge in [-0.05, 0) is 48.2 Å². The fraction of sp³-hybridized carbons (Fsp3) is 0.143. The molecule has 1 atom stereocenters. The highest BCUT2D eigenvalue weighted by molar-refractivity contribution is 7.10. The van der Waals surface area contributed by atoms with E-state index in [1.54, 1.807) is 23.5 Å². The van der Waals surface area contributed by atoms with Crippen LogP contribution in [-0.4, -0.2) is 10.1 Å². The molecule has 0 aliphatic rings. The first kappa shape index (κ1) is 17.6. The zero-order valence-corrected chi connectivity index (χ0v) is 15.5. The molecule has 0 radical (unpaired) electrons. The number of benzene rings is 2. The highest BCUT2D eigenvalue weighted by Crippen LogP contribution is 2.27. The zero-order chi connectivity index (χ0) is 18.6. The van der Waals surface area contributed by atoms with Crippen molar-refractivity contribution in [3.05, 3.63) is 93.8 Å². The predicted octanol–water partition coefficient (Wildman–Crippen LogP) is 5.12. The SMILES string of the molecule is Cc1ccc([C@@H](NCc2nc(-c3ccc(F)cc3)no2)c2cccs2)cc1. The second-order valence-corrected chi connectivity index (χ2v) is 7.24. The molecule has 2 aromatic carbocycles. The van der Waals surface area contributed by atoms with Crippen molar-refractivity contribution < 1.29 is 8.91 Å². The summed E-state index contributed by atoms with van der Waals surface area (Å²) in [6.07, 6.45) is 0. The van der Waals surface area contributed by atoms with E-state index in [1.807, 2.05) is 6.07 Å². The van der Waals surface area contributed by atoms with Crippen molar-refractivity contribution in [1.82, 2.24) is 15.5 Å². The van der Waals surface area contributed by atoms with Gasteiger partial charge in [0.2, 0.25) is 11.7 Å². The Morgan fingerprint density at radius 1 is 1.07 bits per heavy atom. The minimum absolute atomic E-state index is 0.0479. The van der Waals surface area contributed by atoms with Gasteiger partial charge in [-0.1, -0.05) is 41.1 Å². The summed E-state index contributed by atoms with van der Waals surface area (Å²) < 4.78 is 18.4. The van der Waals surface area contributed by atoms with Crippen LogP contribution in [-0.2, 0) is 6.54 Å². The molecule has 0 saturated heterocycles. The molecule has 0 spiro atoms. The molecule has 1 N–H and O–H groups in total. The van der Waals surface area contributed by atoms with Crippen LogP contribution >= 0.6 is 11.3 Å². The smallest absolute Gasteiger partial charge is 0.240 e. The Morgan fingerprint density at radius 3 is 2.56 bits per heavy atom. The lowest BCUT2D eigenvalue weighted by atomic mass is 10.0. The average Bonchev–Trinajstić information content (AvgIpc) is 3.36. The van der Waals surface area contributed by atoms with Crippen LogP contribution in [0.25, 0.3) is 11.4 Å². The van der Waals surface area contributed by atoms with Crippen molar-refractivity contribution in [3.63, 3.8) is 0 Å². The molecule has 2 aromatic heterocycles. The molecule has 0 saturated carbocycles. The van der Waals surface area contributed by atoms with E-state index in [9.17, 15) is 4.39 Å². The van der Waals surface area contributed by atoms with Crippen molar-refractivity contribution in [2.24, 2.45) is 0 Å². The summed E-state index contributed by atoms with van der Waals surface area (Å²) in [6.45, 7) is 2.51. The van der Waals surface area contributed by atoms with Crippen LogP contribution < -0.4 is 5.32 Å². The third kappa shape index (κ3) is 4.13. The van der Waals surface area contributed by atoms with Crippen molar-refractivity contribution >= 4 is 11.3 Å². The van der Waals surface area contributed by atoms with E-state index in [-0.39, 0.29) is 11.9 Å². The Bertz CT molecular complexity index is 995. The summed E-state index contributed by atoms with van der Waals surface area (Å²) in [5.41, 5.74) is 3.13. The second-order valence-electron chi connectivity index (χ2n) is 6.26. The van der Waals surface area contributed by atoms with Gasteiger partial charge in [-0.15, -0.1) is 11.3 Å². The topological polar surface area (TPSA) is 51.0 Å². The van der Waals surface area contributed by atoms with Gasteiger partial charge in [0, 0.05) is 10.4 Å². The van der Waals surface area contributed by atoms with E-state index in [0.29, 0.717) is 18.3 Å². The molecule has 4 rings (SSSR count). The first-order valence-electron chi connectivity index (χ1n) is 8.61. The maximum atomic E-state index is 13.1. The minimum Gasteiger partial charge on any atom is -0.338 e.